The number of hydrogen-bond acceptors (Lipinski definition) is 4. The Morgan fingerprint density at radius 1 is 1.14 bits per heavy atom. The average Bonchev–Trinajstić information content (AvgIpc) is 2.45. The van der Waals surface area contributed by atoms with Crippen LogP contribution in [-0.4, -0.2) is 29.2 Å². The second-order valence-corrected chi connectivity index (χ2v) is 4.37. The van der Waals surface area contributed by atoms with Crippen molar-refractivity contribution < 1.29 is 13.6 Å². The van der Waals surface area contributed by atoms with Crippen LogP contribution in [0.15, 0.2) is 30.3 Å². The van der Waals surface area contributed by atoms with Gasteiger partial charge in [-0.1, -0.05) is 0 Å². The number of benzene rings is 1. The minimum absolute atomic E-state index is 0.188. The number of aryl methyl sites for hydroxylation is 1. The van der Waals surface area contributed by atoms with Gasteiger partial charge < -0.3 is 10.6 Å². The lowest BCUT2D eigenvalue weighted by atomic mass is 10.2. The van der Waals surface area contributed by atoms with Gasteiger partial charge in [0.25, 0.3) is 5.91 Å². The average molecular weight is 292 g/mol. The Bertz CT molecular complexity index is 631. The Morgan fingerprint density at radius 3 is 2.62 bits per heavy atom. The molecule has 2 N–H and O–H groups in total. The van der Waals surface area contributed by atoms with E-state index < -0.39 is 17.5 Å². The van der Waals surface area contributed by atoms with E-state index >= 15 is 0 Å². The number of anilines is 1. The molecule has 1 heterocycles. The molecule has 2 rings (SSSR count). The summed E-state index contributed by atoms with van der Waals surface area (Å²) in [5, 5.41) is 13.3. The molecule has 2 aromatic rings. The van der Waals surface area contributed by atoms with E-state index in [1.165, 1.54) is 0 Å². The molecule has 1 amide bonds. The SMILES string of the molecule is Cc1ccc(NCCNC(=O)c2ccc(F)cc2F)nn1. The predicted octanol–water partition coefficient (Wildman–Crippen LogP) is 1.91. The molecule has 0 unspecified atom stereocenters. The fraction of sp³-hybridized carbons (Fsp3) is 0.214. The van der Waals surface area contributed by atoms with Crippen molar-refractivity contribution in [3.8, 4) is 0 Å². The largest absolute Gasteiger partial charge is 0.367 e. The zero-order valence-electron chi connectivity index (χ0n) is 11.4. The number of nitrogens with one attached hydrogen (secondary N) is 2. The number of amides is 1. The first-order chi connectivity index (χ1) is 10.1. The summed E-state index contributed by atoms with van der Waals surface area (Å²) in [6.07, 6.45) is 0. The van der Waals surface area contributed by atoms with E-state index in [4.69, 9.17) is 0 Å². The molecule has 0 atom stereocenters. The van der Waals surface area contributed by atoms with Gasteiger partial charge in [-0.2, -0.15) is 5.10 Å². The van der Waals surface area contributed by atoms with Gasteiger partial charge in [-0.3, -0.25) is 4.79 Å². The molecule has 0 aliphatic carbocycles. The molecule has 0 fully saturated rings. The quantitative estimate of drug-likeness (QED) is 0.826. The molecule has 0 saturated heterocycles. The van der Waals surface area contributed by atoms with Crippen LogP contribution in [0.4, 0.5) is 14.6 Å². The van der Waals surface area contributed by atoms with Gasteiger partial charge in [-0.25, -0.2) is 8.78 Å². The van der Waals surface area contributed by atoms with E-state index in [-0.39, 0.29) is 12.1 Å². The number of aromatic nitrogens is 2. The van der Waals surface area contributed by atoms with Gasteiger partial charge >= 0.3 is 0 Å². The minimum atomic E-state index is -0.884. The number of nitrogens with zero attached hydrogens (tertiary/aromatic N) is 2. The van der Waals surface area contributed by atoms with E-state index in [1.54, 1.807) is 6.07 Å². The van der Waals surface area contributed by atoms with E-state index in [1.807, 2.05) is 13.0 Å². The Kier molecular flexibility index (Phi) is 4.76. The van der Waals surface area contributed by atoms with Crippen molar-refractivity contribution in [3.05, 3.63) is 53.2 Å². The second-order valence-electron chi connectivity index (χ2n) is 4.37. The van der Waals surface area contributed by atoms with Crippen LogP contribution in [0.2, 0.25) is 0 Å². The summed E-state index contributed by atoms with van der Waals surface area (Å²) in [5.41, 5.74) is 0.618. The van der Waals surface area contributed by atoms with E-state index in [0.717, 1.165) is 17.8 Å². The van der Waals surface area contributed by atoms with Crippen LogP contribution in [0.25, 0.3) is 0 Å². The van der Waals surface area contributed by atoms with Crippen LogP contribution in [0.3, 0.4) is 0 Å². The Balaban J connectivity index is 1.80. The van der Waals surface area contributed by atoms with Crippen LogP contribution >= 0.6 is 0 Å². The third-order valence-electron chi connectivity index (χ3n) is 2.69. The molecule has 5 nitrogen and oxygen atoms in total. The molecule has 0 spiro atoms. The van der Waals surface area contributed by atoms with Crippen LogP contribution < -0.4 is 10.6 Å². The fourth-order valence-electron chi connectivity index (χ4n) is 1.63. The monoisotopic (exact) mass is 292 g/mol. The molecule has 0 aliphatic heterocycles. The number of rotatable bonds is 5. The lowest BCUT2D eigenvalue weighted by Gasteiger charge is -2.07. The molecule has 1 aromatic carbocycles. The molecular formula is C14H14F2N4O. The lowest BCUT2D eigenvalue weighted by Crippen LogP contribution is -2.29. The summed E-state index contributed by atoms with van der Waals surface area (Å²) in [6, 6.07) is 6.40. The summed E-state index contributed by atoms with van der Waals surface area (Å²) in [4.78, 5) is 11.7. The second kappa shape index (κ2) is 6.74. The smallest absolute Gasteiger partial charge is 0.254 e. The fourth-order valence-corrected chi connectivity index (χ4v) is 1.63. The zero-order valence-corrected chi connectivity index (χ0v) is 11.4. The maximum Gasteiger partial charge on any atom is 0.254 e. The number of carbonyl (C=O) groups is 1. The first-order valence-electron chi connectivity index (χ1n) is 6.34. The van der Waals surface area contributed by atoms with Crippen LogP contribution in [0.1, 0.15) is 16.1 Å². The van der Waals surface area contributed by atoms with E-state index in [0.29, 0.717) is 18.4 Å². The molecule has 7 heteroatoms. The van der Waals surface area contributed by atoms with Crippen molar-refractivity contribution in [2.45, 2.75) is 6.92 Å². The zero-order chi connectivity index (χ0) is 15.2. The highest BCUT2D eigenvalue weighted by Gasteiger charge is 2.11. The van der Waals surface area contributed by atoms with Crippen molar-refractivity contribution in [1.29, 1.82) is 0 Å². The Hall–Kier alpha value is -2.57. The van der Waals surface area contributed by atoms with Crippen molar-refractivity contribution in [2.75, 3.05) is 18.4 Å². The predicted molar refractivity (Wildman–Crippen MR) is 73.9 cm³/mol. The van der Waals surface area contributed by atoms with Crippen LogP contribution in [-0.2, 0) is 0 Å². The molecule has 110 valence electrons. The standard InChI is InChI=1S/C14H14F2N4O/c1-9-2-5-13(20-19-9)17-6-7-18-14(21)11-4-3-10(15)8-12(11)16/h2-5,8H,6-7H2,1H3,(H,17,20)(H,18,21). The van der Waals surface area contributed by atoms with Crippen molar-refractivity contribution >= 4 is 11.7 Å². The highest BCUT2D eigenvalue weighted by atomic mass is 19.1. The van der Waals surface area contributed by atoms with Gasteiger partial charge in [-0.05, 0) is 31.2 Å². The van der Waals surface area contributed by atoms with Gasteiger partial charge in [0, 0.05) is 19.2 Å². The summed E-state index contributed by atoms with van der Waals surface area (Å²) >= 11 is 0. The van der Waals surface area contributed by atoms with Crippen molar-refractivity contribution in [1.82, 2.24) is 15.5 Å². The third kappa shape index (κ3) is 4.20. The van der Waals surface area contributed by atoms with Gasteiger partial charge in [0.2, 0.25) is 0 Å². The summed E-state index contributed by atoms with van der Waals surface area (Å²) < 4.78 is 26.1. The Labute approximate surface area is 120 Å². The summed E-state index contributed by atoms with van der Waals surface area (Å²) in [5.74, 6) is -1.61. The topological polar surface area (TPSA) is 66.9 Å². The third-order valence-corrected chi connectivity index (χ3v) is 2.69. The van der Waals surface area contributed by atoms with Crippen LogP contribution in [0, 0.1) is 18.6 Å². The first kappa shape index (κ1) is 14.8. The molecule has 0 bridgehead atoms. The molecule has 1 aromatic heterocycles. The normalized spacial score (nSPS) is 10.2. The van der Waals surface area contributed by atoms with Crippen molar-refractivity contribution in [3.63, 3.8) is 0 Å². The van der Waals surface area contributed by atoms with E-state index in [2.05, 4.69) is 20.8 Å². The van der Waals surface area contributed by atoms with Gasteiger partial charge in [0.1, 0.15) is 17.5 Å². The number of halogens is 2. The first-order valence-corrected chi connectivity index (χ1v) is 6.34. The van der Waals surface area contributed by atoms with Gasteiger partial charge in [0.15, 0.2) is 0 Å². The van der Waals surface area contributed by atoms with Gasteiger partial charge in [0.05, 0.1) is 11.3 Å². The molecule has 21 heavy (non-hydrogen) atoms. The maximum absolute atomic E-state index is 13.4. The minimum Gasteiger partial charge on any atom is -0.367 e. The Morgan fingerprint density at radius 2 is 1.95 bits per heavy atom. The molecular weight excluding hydrogens is 278 g/mol. The number of hydrogen-bond donors (Lipinski definition) is 2. The van der Waals surface area contributed by atoms with Crippen LogP contribution in [0.5, 0.6) is 0 Å². The molecule has 0 radical (unpaired) electrons. The molecule has 0 aliphatic rings. The summed E-state index contributed by atoms with van der Waals surface area (Å²) in [6.45, 7) is 2.51. The number of carbonyl (C=O) groups excluding carboxylic acids is 1. The van der Waals surface area contributed by atoms with Gasteiger partial charge in [-0.15, -0.1) is 5.10 Å². The lowest BCUT2D eigenvalue weighted by molar-refractivity contribution is 0.0951. The van der Waals surface area contributed by atoms with E-state index in [9.17, 15) is 13.6 Å². The van der Waals surface area contributed by atoms with Crippen molar-refractivity contribution in [2.24, 2.45) is 0 Å². The molecule has 0 saturated carbocycles. The highest BCUT2D eigenvalue weighted by molar-refractivity contribution is 5.94. The highest BCUT2D eigenvalue weighted by Crippen LogP contribution is 2.09. The maximum atomic E-state index is 13.4. The summed E-state index contributed by atoms with van der Waals surface area (Å²) in [7, 11) is 0.